The van der Waals surface area contributed by atoms with E-state index in [4.69, 9.17) is 10.5 Å². The van der Waals surface area contributed by atoms with E-state index in [1.807, 2.05) is 60.7 Å². The number of carbonyl (C=O) groups excluding carboxylic acids is 2. The van der Waals surface area contributed by atoms with Gasteiger partial charge < -0.3 is 26.2 Å². The summed E-state index contributed by atoms with van der Waals surface area (Å²) in [4.78, 5) is 26.6. The zero-order valence-electron chi connectivity index (χ0n) is 25.8. The molecule has 0 aliphatic heterocycles. The molecule has 1 aliphatic rings. The SMILES string of the molecule is CCN([C@H](CO)CCC[C@@H](NC(=O)[C@@H](NC(=O)OC)C(c1ccccc1)c1ccccc1)C1CC1)S(=O)(=O)c1ccc(N)cc1. The molecule has 45 heavy (non-hydrogen) atoms. The van der Waals surface area contributed by atoms with Gasteiger partial charge in [0.1, 0.15) is 6.04 Å². The number of rotatable bonds is 16. The Bertz CT molecular complexity index is 1440. The largest absolute Gasteiger partial charge is 0.453 e. The maximum atomic E-state index is 14.0. The predicted octanol–water partition coefficient (Wildman–Crippen LogP) is 4.26. The average Bonchev–Trinajstić information content (AvgIpc) is 3.90. The molecular weight excluding hydrogens is 592 g/mol. The number of sulfonamides is 1. The molecule has 0 radical (unpaired) electrons. The first kappa shape index (κ1) is 34.0. The Balaban J connectivity index is 1.50. The molecule has 3 atom stereocenters. The van der Waals surface area contributed by atoms with Gasteiger partial charge >= 0.3 is 6.09 Å². The summed E-state index contributed by atoms with van der Waals surface area (Å²) < 4.78 is 33.0. The van der Waals surface area contributed by atoms with Crippen LogP contribution in [0.25, 0.3) is 0 Å². The fourth-order valence-corrected chi connectivity index (χ4v) is 7.54. The van der Waals surface area contributed by atoms with E-state index in [1.165, 1.54) is 23.5 Å². The minimum absolute atomic E-state index is 0.121. The molecule has 10 nitrogen and oxygen atoms in total. The summed E-state index contributed by atoms with van der Waals surface area (Å²) in [5.74, 6) is -0.510. The van der Waals surface area contributed by atoms with Gasteiger partial charge in [0.25, 0.3) is 0 Å². The number of benzene rings is 3. The molecule has 2 amide bonds. The Morgan fingerprint density at radius 3 is 2.00 bits per heavy atom. The van der Waals surface area contributed by atoms with E-state index in [0.717, 1.165) is 24.0 Å². The standard InChI is InChI=1S/C34H44N4O6S/c1-3-38(45(42,43)29-21-19-27(35)20-22-29)28(23-39)15-10-16-30(24-17-18-24)36-33(40)32(37-34(41)44-2)31(25-11-6-4-7-12-25)26-13-8-5-9-14-26/h4-9,11-14,19-22,24,28,30-32,39H,3,10,15-18,23,35H2,1-2H3,(H,36,40)(H,37,41)/t28-,30+,32-/m0/s1. The summed E-state index contributed by atoms with van der Waals surface area (Å²) in [6, 6.07) is 23.4. The molecule has 242 valence electrons. The molecule has 0 bridgehead atoms. The van der Waals surface area contributed by atoms with Gasteiger partial charge in [-0.15, -0.1) is 0 Å². The van der Waals surface area contributed by atoms with Crippen molar-refractivity contribution >= 4 is 27.7 Å². The van der Waals surface area contributed by atoms with Gasteiger partial charge in [0.2, 0.25) is 15.9 Å². The van der Waals surface area contributed by atoms with Gasteiger partial charge in [-0.1, -0.05) is 67.6 Å². The lowest BCUT2D eigenvalue weighted by Gasteiger charge is -2.31. The highest BCUT2D eigenvalue weighted by molar-refractivity contribution is 7.89. The highest BCUT2D eigenvalue weighted by Crippen LogP contribution is 2.36. The van der Waals surface area contributed by atoms with Gasteiger partial charge in [0.05, 0.1) is 18.6 Å². The number of nitrogen functional groups attached to an aromatic ring is 1. The Morgan fingerprint density at radius 2 is 1.51 bits per heavy atom. The van der Waals surface area contributed by atoms with Crippen LogP contribution < -0.4 is 16.4 Å². The summed E-state index contributed by atoms with van der Waals surface area (Å²) in [5, 5.41) is 16.2. The molecule has 1 saturated carbocycles. The lowest BCUT2D eigenvalue weighted by molar-refractivity contribution is -0.124. The third kappa shape index (κ3) is 8.84. The van der Waals surface area contributed by atoms with Crippen LogP contribution in [0.1, 0.15) is 56.1 Å². The van der Waals surface area contributed by atoms with Crippen LogP contribution in [-0.4, -0.2) is 68.2 Å². The lowest BCUT2D eigenvalue weighted by Crippen LogP contribution is -2.53. The number of alkyl carbamates (subject to hydrolysis) is 1. The van der Waals surface area contributed by atoms with Crippen LogP contribution in [0.15, 0.2) is 89.8 Å². The Kier molecular flexibility index (Phi) is 12.0. The van der Waals surface area contributed by atoms with E-state index in [-0.39, 0.29) is 35.9 Å². The maximum absolute atomic E-state index is 14.0. The number of methoxy groups -OCH3 is 1. The number of nitrogens with two attached hydrogens (primary N) is 1. The molecule has 5 N–H and O–H groups in total. The van der Waals surface area contributed by atoms with Crippen LogP contribution in [0.4, 0.5) is 10.5 Å². The predicted molar refractivity (Wildman–Crippen MR) is 174 cm³/mol. The molecule has 3 aromatic carbocycles. The number of nitrogens with zero attached hydrogens (tertiary/aromatic N) is 1. The van der Waals surface area contributed by atoms with Gasteiger partial charge in [0, 0.05) is 30.2 Å². The summed E-state index contributed by atoms with van der Waals surface area (Å²) in [5.41, 5.74) is 7.95. The normalized spacial score (nSPS) is 15.3. The minimum Gasteiger partial charge on any atom is -0.453 e. The second kappa shape index (κ2) is 15.9. The summed E-state index contributed by atoms with van der Waals surface area (Å²) in [7, 11) is -2.58. The average molecular weight is 637 g/mol. The van der Waals surface area contributed by atoms with Crippen molar-refractivity contribution in [2.24, 2.45) is 5.92 Å². The quantitative estimate of drug-likeness (QED) is 0.172. The molecule has 11 heteroatoms. The van der Waals surface area contributed by atoms with Crippen molar-refractivity contribution in [1.82, 2.24) is 14.9 Å². The van der Waals surface area contributed by atoms with Gasteiger partial charge in [-0.2, -0.15) is 4.31 Å². The van der Waals surface area contributed by atoms with Gasteiger partial charge in [-0.3, -0.25) is 4.79 Å². The number of anilines is 1. The molecule has 3 aromatic rings. The molecule has 0 spiro atoms. The molecule has 0 aromatic heterocycles. The van der Waals surface area contributed by atoms with E-state index < -0.39 is 34.1 Å². The van der Waals surface area contributed by atoms with Gasteiger partial charge in [0.15, 0.2) is 0 Å². The van der Waals surface area contributed by atoms with Crippen molar-refractivity contribution in [2.45, 2.75) is 68.0 Å². The number of aliphatic hydroxyl groups is 1. The number of hydrogen-bond donors (Lipinski definition) is 4. The topological polar surface area (TPSA) is 151 Å². The zero-order valence-corrected chi connectivity index (χ0v) is 26.7. The molecule has 0 heterocycles. The van der Waals surface area contributed by atoms with Crippen molar-refractivity contribution in [3.63, 3.8) is 0 Å². The van der Waals surface area contributed by atoms with Crippen LogP contribution in [-0.2, 0) is 19.6 Å². The molecular formula is C34H44N4O6S. The Hall–Kier alpha value is -3.93. The maximum Gasteiger partial charge on any atom is 0.407 e. The third-order valence-corrected chi connectivity index (χ3v) is 10.4. The number of ether oxygens (including phenoxy) is 1. The highest BCUT2D eigenvalue weighted by Gasteiger charge is 2.38. The molecule has 4 rings (SSSR count). The minimum atomic E-state index is -3.84. The number of hydrogen-bond acceptors (Lipinski definition) is 7. The van der Waals surface area contributed by atoms with Crippen molar-refractivity contribution in [2.75, 3.05) is 26.0 Å². The molecule has 1 aliphatic carbocycles. The van der Waals surface area contributed by atoms with E-state index >= 15 is 0 Å². The van der Waals surface area contributed by atoms with Crippen LogP contribution in [0, 0.1) is 5.92 Å². The number of nitrogens with one attached hydrogen (secondary N) is 2. The number of aliphatic hydroxyl groups excluding tert-OH is 1. The van der Waals surface area contributed by atoms with Crippen LogP contribution in [0.2, 0.25) is 0 Å². The van der Waals surface area contributed by atoms with E-state index in [1.54, 1.807) is 19.1 Å². The molecule has 1 fully saturated rings. The second-order valence-corrected chi connectivity index (χ2v) is 13.3. The van der Waals surface area contributed by atoms with Crippen molar-refractivity contribution in [3.8, 4) is 0 Å². The summed E-state index contributed by atoms with van der Waals surface area (Å²) in [6.07, 6.45) is 2.82. The Labute approximate surface area is 266 Å². The van der Waals surface area contributed by atoms with E-state index in [2.05, 4.69) is 10.6 Å². The third-order valence-electron chi connectivity index (χ3n) is 8.38. The molecule has 0 saturated heterocycles. The zero-order chi connectivity index (χ0) is 32.4. The molecule has 0 unspecified atom stereocenters. The first-order valence-electron chi connectivity index (χ1n) is 15.4. The van der Waals surface area contributed by atoms with Crippen LogP contribution >= 0.6 is 0 Å². The summed E-state index contributed by atoms with van der Waals surface area (Å²) in [6.45, 7) is 1.61. The smallest absolute Gasteiger partial charge is 0.407 e. The number of carbonyl (C=O) groups is 2. The van der Waals surface area contributed by atoms with Crippen LogP contribution in [0.5, 0.6) is 0 Å². The first-order chi connectivity index (χ1) is 21.7. The lowest BCUT2D eigenvalue weighted by atomic mass is 9.84. The summed E-state index contributed by atoms with van der Waals surface area (Å²) >= 11 is 0. The van der Waals surface area contributed by atoms with Gasteiger partial charge in [-0.05, 0) is 73.4 Å². The fraction of sp³-hybridized carbons (Fsp3) is 0.412. The number of likely N-dealkylation sites (N-methyl/N-ethyl adjacent to an activating group) is 1. The Morgan fingerprint density at radius 1 is 0.933 bits per heavy atom. The van der Waals surface area contributed by atoms with E-state index in [0.29, 0.717) is 24.9 Å². The highest BCUT2D eigenvalue weighted by atomic mass is 32.2. The van der Waals surface area contributed by atoms with Gasteiger partial charge in [-0.25, -0.2) is 13.2 Å². The first-order valence-corrected chi connectivity index (χ1v) is 16.9. The second-order valence-electron chi connectivity index (χ2n) is 11.4. The van der Waals surface area contributed by atoms with E-state index in [9.17, 15) is 23.1 Å². The van der Waals surface area contributed by atoms with Crippen LogP contribution in [0.3, 0.4) is 0 Å². The fourth-order valence-electron chi connectivity index (χ4n) is 5.88. The monoisotopic (exact) mass is 636 g/mol. The van der Waals surface area contributed by atoms with Crippen molar-refractivity contribution in [3.05, 3.63) is 96.1 Å². The van der Waals surface area contributed by atoms with Crippen molar-refractivity contribution < 1.29 is 27.9 Å². The van der Waals surface area contributed by atoms with Crippen molar-refractivity contribution in [1.29, 1.82) is 0 Å². The number of amides is 2.